The first-order valence-electron chi connectivity index (χ1n) is 7.93. The highest BCUT2D eigenvalue weighted by Gasteiger charge is 2.26. The van der Waals surface area contributed by atoms with E-state index < -0.39 is 11.8 Å². The number of anilines is 1. The van der Waals surface area contributed by atoms with Gasteiger partial charge in [0.2, 0.25) is 0 Å². The van der Waals surface area contributed by atoms with Gasteiger partial charge in [0, 0.05) is 29.8 Å². The van der Waals surface area contributed by atoms with Crippen molar-refractivity contribution in [3.05, 3.63) is 29.8 Å². The number of nitrogens with one attached hydrogen (secondary N) is 2. The Labute approximate surface area is 136 Å². The van der Waals surface area contributed by atoms with Gasteiger partial charge in [0.1, 0.15) is 0 Å². The second kappa shape index (κ2) is 8.35. The molecule has 122 valence electrons. The summed E-state index contributed by atoms with van der Waals surface area (Å²) in [6.45, 7) is 0.0246. The minimum absolute atomic E-state index is 0.0130. The maximum Gasteiger partial charge on any atom is 0.313 e. The molecule has 1 aromatic rings. The van der Waals surface area contributed by atoms with Crippen molar-refractivity contribution in [2.45, 2.75) is 38.1 Å². The van der Waals surface area contributed by atoms with E-state index in [1.165, 1.54) is 0 Å². The molecule has 2 atom stereocenters. The van der Waals surface area contributed by atoms with Crippen molar-refractivity contribution in [3.8, 4) is 12.3 Å². The predicted molar refractivity (Wildman–Crippen MR) is 88.6 cm³/mol. The van der Waals surface area contributed by atoms with E-state index in [0.29, 0.717) is 11.3 Å². The smallest absolute Gasteiger partial charge is 0.313 e. The Balaban J connectivity index is 1.96. The van der Waals surface area contributed by atoms with Gasteiger partial charge in [-0.2, -0.15) is 0 Å². The summed E-state index contributed by atoms with van der Waals surface area (Å²) in [6, 6.07) is 6.61. The Hall–Kier alpha value is -2.32. The molecule has 1 saturated carbocycles. The molecule has 2 unspecified atom stereocenters. The average Bonchev–Trinajstić information content (AvgIpc) is 2.79. The standard InChI is InChI=1S/C18H22N2O3/c1-2-13-7-6-9-15(11-13)19-17(22)18(23)20-16-10-5-3-4-8-14(16)12-21/h1,6-7,9,11,14,16,21H,3-5,8,10,12H2,(H,19,22)(H,20,23). The lowest BCUT2D eigenvalue weighted by Gasteiger charge is -2.24. The second-order valence-corrected chi connectivity index (χ2v) is 5.84. The van der Waals surface area contributed by atoms with Gasteiger partial charge in [-0.1, -0.05) is 31.2 Å². The highest BCUT2D eigenvalue weighted by atomic mass is 16.3. The third-order valence-electron chi connectivity index (χ3n) is 4.20. The summed E-state index contributed by atoms with van der Waals surface area (Å²) in [5, 5.41) is 14.8. The molecule has 0 spiro atoms. The van der Waals surface area contributed by atoms with Gasteiger partial charge in [-0.05, 0) is 31.0 Å². The van der Waals surface area contributed by atoms with E-state index in [1.807, 2.05) is 0 Å². The Morgan fingerprint density at radius 1 is 1.22 bits per heavy atom. The first-order valence-corrected chi connectivity index (χ1v) is 7.93. The summed E-state index contributed by atoms with van der Waals surface area (Å²) < 4.78 is 0. The number of terminal acetylenes is 1. The fraction of sp³-hybridized carbons (Fsp3) is 0.444. The summed E-state index contributed by atoms with van der Waals surface area (Å²) >= 11 is 0. The molecule has 0 bridgehead atoms. The van der Waals surface area contributed by atoms with E-state index >= 15 is 0 Å². The van der Waals surface area contributed by atoms with Crippen LogP contribution in [0.3, 0.4) is 0 Å². The molecule has 23 heavy (non-hydrogen) atoms. The number of amides is 2. The Kier molecular flexibility index (Phi) is 6.19. The van der Waals surface area contributed by atoms with E-state index in [9.17, 15) is 14.7 Å². The molecule has 5 heteroatoms. The molecule has 3 N–H and O–H groups in total. The number of benzene rings is 1. The Bertz CT molecular complexity index is 607. The third kappa shape index (κ3) is 4.83. The van der Waals surface area contributed by atoms with Crippen LogP contribution in [0.4, 0.5) is 5.69 Å². The van der Waals surface area contributed by atoms with E-state index in [-0.39, 0.29) is 18.6 Å². The van der Waals surface area contributed by atoms with Gasteiger partial charge in [-0.15, -0.1) is 6.42 Å². The summed E-state index contributed by atoms with van der Waals surface area (Å²) in [5.74, 6) is 1.09. The molecule has 0 heterocycles. The SMILES string of the molecule is C#Cc1cccc(NC(=O)C(=O)NC2CCCCCC2CO)c1. The molecule has 1 fully saturated rings. The van der Waals surface area contributed by atoms with E-state index in [1.54, 1.807) is 24.3 Å². The Morgan fingerprint density at radius 2 is 2.00 bits per heavy atom. The quantitative estimate of drug-likeness (QED) is 0.451. The summed E-state index contributed by atoms with van der Waals surface area (Å²) in [7, 11) is 0. The van der Waals surface area contributed by atoms with Crippen LogP contribution in [0.25, 0.3) is 0 Å². The van der Waals surface area contributed by atoms with Crippen LogP contribution >= 0.6 is 0 Å². The van der Waals surface area contributed by atoms with Gasteiger partial charge in [-0.25, -0.2) is 0 Å². The Morgan fingerprint density at radius 3 is 2.74 bits per heavy atom. The zero-order valence-corrected chi connectivity index (χ0v) is 13.0. The van der Waals surface area contributed by atoms with Crippen LogP contribution in [-0.2, 0) is 9.59 Å². The first-order chi connectivity index (χ1) is 11.1. The minimum atomic E-state index is -0.722. The first kappa shape index (κ1) is 17.0. The van der Waals surface area contributed by atoms with Crippen molar-refractivity contribution in [2.75, 3.05) is 11.9 Å². The molecule has 0 radical (unpaired) electrons. The van der Waals surface area contributed by atoms with Gasteiger partial charge in [0.25, 0.3) is 0 Å². The van der Waals surface area contributed by atoms with Gasteiger partial charge in [0.15, 0.2) is 0 Å². The molecule has 0 aromatic heterocycles. The lowest BCUT2D eigenvalue weighted by atomic mass is 9.95. The molecule has 1 aliphatic rings. The minimum Gasteiger partial charge on any atom is -0.396 e. The van der Waals surface area contributed by atoms with Crippen molar-refractivity contribution in [1.29, 1.82) is 0 Å². The van der Waals surface area contributed by atoms with Gasteiger partial charge in [0.05, 0.1) is 0 Å². The van der Waals surface area contributed by atoms with Crippen LogP contribution < -0.4 is 10.6 Å². The molecule has 1 aromatic carbocycles. The van der Waals surface area contributed by atoms with Crippen molar-refractivity contribution in [3.63, 3.8) is 0 Å². The summed E-state index contributed by atoms with van der Waals surface area (Å²) in [4.78, 5) is 24.1. The largest absolute Gasteiger partial charge is 0.396 e. The number of carbonyl (C=O) groups is 2. The van der Waals surface area contributed by atoms with Crippen LogP contribution in [0, 0.1) is 18.3 Å². The number of hydrogen-bond acceptors (Lipinski definition) is 3. The van der Waals surface area contributed by atoms with Crippen molar-refractivity contribution in [2.24, 2.45) is 5.92 Å². The average molecular weight is 314 g/mol. The van der Waals surface area contributed by atoms with Gasteiger partial charge >= 0.3 is 11.8 Å². The van der Waals surface area contributed by atoms with Crippen LogP contribution in [0.1, 0.15) is 37.7 Å². The number of carbonyl (C=O) groups excluding carboxylic acids is 2. The van der Waals surface area contributed by atoms with Crippen molar-refractivity contribution < 1.29 is 14.7 Å². The number of rotatable bonds is 3. The van der Waals surface area contributed by atoms with E-state index in [4.69, 9.17) is 6.42 Å². The highest BCUT2D eigenvalue weighted by molar-refractivity contribution is 6.39. The molecular formula is C18H22N2O3. The lowest BCUT2D eigenvalue weighted by molar-refractivity contribution is -0.137. The molecule has 0 aliphatic heterocycles. The maximum absolute atomic E-state index is 12.1. The summed E-state index contributed by atoms with van der Waals surface area (Å²) in [5.41, 5.74) is 1.12. The molecule has 2 rings (SSSR count). The lowest BCUT2D eigenvalue weighted by Crippen LogP contribution is -2.45. The van der Waals surface area contributed by atoms with E-state index in [0.717, 1.165) is 32.1 Å². The van der Waals surface area contributed by atoms with Crippen LogP contribution in [0.5, 0.6) is 0 Å². The fourth-order valence-electron chi connectivity index (χ4n) is 2.90. The highest BCUT2D eigenvalue weighted by Crippen LogP contribution is 2.23. The third-order valence-corrected chi connectivity index (χ3v) is 4.20. The zero-order valence-electron chi connectivity index (χ0n) is 13.0. The molecule has 0 saturated heterocycles. The molecule has 2 amide bonds. The van der Waals surface area contributed by atoms with Crippen LogP contribution in [0.15, 0.2) is 24.3 Å². The number of aliphatic hydroxyl groups excluding tert-OH is 1. The zero-order chi connectivity index (χ0) is 16.7. The summed E-state index contributed by atoms with van der Waals surface area (Å²) in [6.07, 6.45) is 10.1. The van der Waals surface area contributed by atoms with E-state index in [2.05, 4.69) is 16.6 Å². The molecular weight excluding hydrogens is 292 g/mol. The normalized spacial score (nSPS) is 20.9. The van der Waals surface area contributed by atoms with Crippen LogP contribution in [-0.4, -0.2) is 29.6 Å². The van der Waals surface area contributed by atoms with Crippen LogP contribution in [0.2, 0.25) is 0 Å². The predicted octanol–water partition coefficient (Wildman–Crippen LogP) is 1.66. The van der Waals surface area contributed by atoms with Crippen molar-refractivity contribution >= 4 is 17.5 Å². The maximum atomic E-state index is 12.1. The fourth-order valence-corrected chi connectivity index (χ4v) is 2.90. The monoisotopic (exact) mass is 314 g/mol. The van der Waals surface area contributed by atoms with Gasteiger partial charge in [-0.3, -0.25) is 9.59 Å². The molecule has 5 nitrogen and oxygen atoms in total. The topological polar surface area (TPSA) is 78.4 Å². The number of aliphatic hydroxyl groups is 1. The van der Waals surface area contributed by atoms with Crippen molar-refractivity contribution in [1.82, 2.24) is 5.32 Å². The molecule has 1 aliphatic carbocycles. The van der Waals surface area contributed by atoms with Gasteiger partial charge < -0.3 is 15.7 Å². The number of hydrogen-bond donors (Lipinski definition) is 3. The second-order valence-electron chi connectivity index (χ2n) is 5.84.